The van der Waals surface area contributed by atoms with Gasteiger partial charge in [0.25, 0.3) is 0 Å². The summed E-state index contributed by atoms with van der Waals surface area (Å²) in [6, 6.07) is 31.7. The molecule has 0 heterocycles. The van der Waals surface area contributed by atoms with E-state index in [-0.39, 0.29) is 41.2 Å². The van der Waals surface area contributed by atoms with E-state index in [1.54, 1.807) is 72.8 Å². The zero-order valence-electron chi connectivity index (χ0n) is 37.2. The molecule has 2 unspecified atom stereocenters. The van der Waals surface area contributed by atoms with Gasteiger partial charge in [0.15, 0.2) is 11.6 Å². The molecule has 0 aliphatic carbocycles. The maximum absolute atomic E-state index is 11.8. The van der Waals surface area contributed by atoms with Crippen molar-refractivity contribution in [1.29, 1.82) is 3.84 Å². The van der Waals surface area contributed by atoms with Crippen molar-refractivity contribution in [1.82, 2.24) is 0 Å². The molecule has 0 radical (unpaired) electrons. The highest BCUT2D eigenvalue weighted by Crippen LogP contribution is 2.13. The number of carbonyl (C=O) groups is 8. The van der Waals surface area contributed by atoms with Crippen LogP contribution in [0.3, 0.4) is 0 Å². The van der Waals surface area contributed by atoms with Gasteiger partial charge in [0.05, 0.1) is 44.3 Å². The Labute approximate surface area is 353 Å². The van der Waals surface area contributed by atoms with Crippen molar-refractivity contribution in [3.8, 4) is 5.75 Å². The topological polar surface area (TPSA) is 236 Å². The minimum absolute atomic E-state index is 0.0172. The minimum Gasteiger partial charge on any atom is -0.478 e. The number of ether oxygens (including phenoxy) is 2. The third-order valence-corrected chi connectivity index (χ3v) is 6.95. The Morgan fingerprint density at radius 2 is 0.814 bits per heavy atom. The molecule has 59 heavy (non-hydrogen) atoms. The second-order valence-electron chi connectivity index (χ2n) is 10.8. The molecule has 312 valence electrons. The first-order chi connectivity index (χ1) is 30.3. The molecule has 14 nitrogen and oxygen atoms in total. The summed E-state index contributed by atoms with van der Waals surface area (Å²) in [6.45, 7) is 4.78. The number of Topliss-reactive ketones (excluding diaryl/α,β-unsaturated/α-hetero) is 2. The van der Waals surface area contributed by atoms with E-state index in [2.05, 4.69) is 4.74 Å². The van der Waals surface area contributed by atoms with E-state index < -0.39 is 45.6 Å². The number of para-hydroxylation sites is 1. The van der Waals surface area contributed by atoms with Crippen LogP contribution >= 0.6 is 19.0 Å². The zero-order valence-corrected chi connectivity index (χ0v) is 34.2. The molecular weight excluding hydrogens is 802 g/mol. The van der Waals surface area contributed by atoms with Gasteiger partial charge in [-0.15, -0.1) is 9.18 Å². The lowest BCUT2D eigenvalue weighted by Crippen LogP contribution is -2.08. The second-order valence-corrected chi connectivity index (χ2v) is 10.8. The van der Waals surface area contributed by atoms with Crippen molar-refractivity contribution in [3.63, 3.8) is 0 Å². The van der Waals surface area contributed by atoms with E-state index in [9.17, 15) is 38.4 Å². The van der Waals surface area contributed by atoms with Gasteiger partial charge >= 0.3 is 35.8 Å². The average molecular weight is 857 g/mol. The number of ketones is 2. The maximum atomic E-state index is 11.8. The lowest BCUT2D eigenvalue weighted by molar-refractivity contribution is 0.0597. The van der Waals surface area contributed by atoms with Crippen LogP contribution in [0.4, 0.5) is 0 Å². The predicted octanol–water partition coefficient (Wildman–Crippen LogP) is 8.14. The number of hydrogen-bond donors (Lipinski definition) is 4. The minimum atomic E-state index is -1.06. The lowest BCUT2D eigenvalue weighted by Gasteiger charge is -2.04. The Kier molecular flexibility index (Phi) is 21.7. The van der Waals surface area contributed by atoms with Crippen LogP contribution in [0.25, 0.3) is 0 Å². The van der Waals surface area contributed by atoms with Gasteiger partial charge in [-0.1, -0.05) is 56.5 Å². The fraction of sp³-hybridized carbons (Fsp3) is 0.116. The third-order valence-electron chi connectivity index (χ3n) is 6.95. The Balaban J connectivity index is 0. The van der Waals surface area contributed by atoms with Crippen LogP contribution < -0.4 is 4.74 Å². The molecule has 0 fully saturated rings. The quantitative estimate of drug-likeness (QED) is 0.0474. The molecule has 4 N–H and O–H groups in total. The summed E-state index contributed by atoms with van der Waals surface area (Å²) >= 11 is 0. The predicted molar refractivity (Wildman–Crippen MR) is 230 cm³/mol. The van der Waals surface area contributed by atoms with Crippen LogP contribution in [0.2, 0.25) is 0 Å². The number of rotatable bonds is 9. The Hall–Kier alpha value is -6.88. The van der Waals surface area contributed by atoms with Gasteiger partial charge in [-0.25, -0.2) is 28.8 Å². The number of methoxy groups -OCH3 is 1. The molecule has 0 saturated heterocycles. The van der Waals surface area contributed by atoms with E-state index in [4.69, 9.17) is 31.7 Å². The fourth-order valence-corrected chi connectivity index (χ4v) is 3.97. The molecule has 2 atom stereocenters. The SMILES string of the molecule is CC(=O)c1ccc(C(=O)Oc2ccccc2)cc1.COC(=O)c1ccc(C(C)=O)cc1.O=C(O)c1ccc(C(=O)O)cc1.O=C(O)c1ccc(C(=O)O)cc1.[2H]C[3H].[2H]P[3H].[3H]PC. The van der Waals surface area contributed by atoms with E-state index in [1.807, 2.05) is 12.7 Å². The summed E-state index contributed by atoms with van der Waals surface area (Å²) in [7, 11) is 0.987. The van der Waals surface area contributed by atoms with Crippen LogP contribution in [-0.2, 0) is 4.74 Å². The zero-order chi connectivity index (χ0) is 49.2. The number of hydrogen-bond acceptors (Lipinski definition) is 10. The highest BCUT2D eigenvalue weighted by Gasteiger charge is 2.10. The molecule has 5 aromatic rings. The van der Waals surface area contributed by atoms with Gasteiger partial charge in [0.2, 0.25) is 0 Å². The molecule has 5 rings (SSSR count). The van der Waals surface area contributed by atoms with E-state index in [0.717, 1.165) is 0 Å². The van der Waals surface area contributed by atoms with Crippen molar-refractivity contribution in [2.75, 3.05) is 13.8 Å². The summed E-state index contributed by atoms with van der Waals surface area (Å²) in [5, 5.41) is 33.9. The second kappa shape index (κ2) is 28.5. The van der Waals surface area contributed by atoms with E-state index in [0.29, 0.717) is 37.2 Å². The third kappa shape index (κ3) is 19.7. The van der Waals surface area contributed by atoms with Crippen molar-refractivity contribution >= 4 is 66.4 Å². The summed E-state index contributed by atoms with van der Waals surface area (Å²) in [5.74, 6) is -4.63. The Morgan fingerprint density at radius 3 is 1.05 bits per heavy atom. The van der Waals surface area contributed by atoms with Gasteiger partial charge < -0.3 is 29.9 Å². The number of esters is 2. The number of carboxylic acids is 4. The highest BCUT2D eigenvalue weighted by molar-refractivity contribution is 7.15. The first-order valence-corrected chi connectivity index (χ1v) is 17.2. The largest absolute Gasteiger partial charge is 0.478 e. The van der Waals surface area contributed by atoms with Crippen molar-refractivity contribution in [2.24, 2.45) is 0 Å². The molecule has 0 saturated carbocycles. The van der Waals surface area contributed by atoms with Crippen LogP contribution in [0.1, 0.15) is 107 Å². The number of benzene rings is 5. The first kappa shape index (κ1) is 44.8. The molecule has 5 aromatic carbocycles. The summed E-state index contributed by atoms with van der Waals surface area (Å²) in [6.07, 6.45) is 0. The normalized spacial score (nSPS) is 10.3. The summed E-state index contributed by atoms with van der Waals surface area (Å²) < 4.78 is 39.5. The number of carboxylic acid groups (broad SMARTS) is 4. The Bertz CT molecular complexity index is 2070. The molecule has 0 aliphatic rings. The molecule has 0 aliphatic heterocycles. The summed E-state index contributed by atoms with van der Waals surface area (Å²) in [5.41, 5.74) is 2.37. The smallest absolute Gasteiger partial charge is 0.343 e. The van der Waals surface area contributed by atoms with Crippen LogP contribution in [0.15, 0.2) is 127 Å². The van der Waals surface area contributed by atoms with Gasteiger partial charge in [-0.3, -0.25) is 9.59 Å². The van der Waals surface area contributed by atoms with Crippen molar-refractivity contribution in [2.45, 2.75) is 21.2 Å². The fourth-order valence-electron chi connectivity index (χ4n) is 3.97. The van der Waals surface area contributed by atoms with Gasteiger partial charge in [0.1, 0.15) is 5.75 Å². The lowest BCUT2D eigenvalue weighted by atomic mass is 10.1. The van der Waals surface area contributed by atoms with Crippen LogP contribution in [0.5, 0.6) is 5.75 Å². The number of carbonyl (C=O) groups excluding carboxylic acids is 4. The van der Waals surface area contributed by atoms with E-state index >= 15 is 0 Å². The molecule has 0 spiro atoms. The number of aromatic carboxylic acids is 4. The molecular formula is C43H46O14P2. The summed E-state index contributed by atoms with van der Waals surface area (Å²) in [4.78, 5) is 86.1. The van der Waals surface area contributed by atoms with Crippen LogP contribution in [-0.4, -0.2) is 85.4 Å². The maximum Gasteiger partial charge on any atom is 0.343 e. The van der Waals surface area contributed by atoms with Gasteiger partial charge in [0, 0.05) is 13.9 Å². The molecule has 16 heteroatoms. The standard InChI is InChI=1S/C15H12O3.C10H10O3.2C8H6O4.CH5P.CH4.H3P/c1-11(16)12-7-9-13(10-8-12)15(17)18-14-5-3-2-4-6-14;1-7(11)8-3-5-9(6-4-8)10(12)13-2;2*9-7(10)5-1-2-6(4-3-5)8(11)12;1-2;;/h2-10H,1H3;3-6H,1-2H3;2*1-4H,(H,9,10)(H,11,12);2H2,1H3;1H4;1H3/i;;;;2T;2*1TD. The van der Waals surface area contributed by atoms with Crippen LogP contribution in [0, 0.1) is 0 Å². The average Bonchev–Trinajstić information content (AvgIpc) is 3.28. The van der Waals surface area contributed by atoms with Gasteiger partial charge in [-0.2, -0.15) is 9.79 Å². The van der Waals surface area contributed by atoms with E-state index in [1.165, 1.54) is 69.5 Å². The van der Waals surface area contributed by atoms with Gasteiger partial charge in [-0.05, 0) is 98.8 Å². The highest BCUT2D eigenvalue weighted by atomic mass is 31.0. The van der Waals surface area contributed by atoms with Crippen molar-refractivity contribution in [3.05, 3.63) is 172 Å². The Morgan fingerprint density at radius 1 is 0.576 bits per heavy atom. The molecule has 0 aromatic heterocycles. The monoisotopic (exact) mass is 856 g/mol. The molecule has 0 amide bonds. The molecule has 0 bridgehead atoms. The first-order valence-electron chi connectivity index (χ1n) is 19.2. The van der Waals surface area contributed by atoms with Crippen molar-refractivity contribution < 1.29 is 71.0 Å².